The first-order valence-corrected chi connectivity index (χ1v) is 11.5. The second-order valence-electron chi connectivity index (χ2n) is 8.08. The second-order valence-corrected chi connectivity index (χ2v) is 8.48. The molecule has 0 spiro atoms. The van der Waals surface area contributed by atoms with Gasteiger partial charge in [0.25, 0.3) is 5.91 Å². The van der Waals surface area contributed by atoms with Crippen molar-refractivity contribution in [3.63, 3.8) is 0 Å². The van der Waals surface area contributed by atoms with Crippen molar-refractivity contribution in [3.05, 3.63) is 88.3 Å². The van der Waals surface area contributed by atoms with Gasteiger partial charge in [0.05, 0.1) is 10.7 Å². The first-order valence-electron chi connectivity index (χ1n) is 11.1. The number of rotatable bonds is 7. The van der Waals surface area contributed by atoms with Crippen LogP contribution in [0.2, 0.25) is 5.02 Å². The number of carbonyl (C=O) groups is 1. The van der Waals surface area contributed by atoms with E-state index in [1.54, 1.807) is 24.3 Å². The van der Waals surface area contributed by atoms with E-state index in [0.29, 0.717) is 60.6 Å². The highest BCUT2D eigenvalue weighted by Crippen LogP contribution is 2.38. The van der Waals surface area contributed by atoms with Gasteiger partial charge < -0.3 is 23.9 Å². The number of aromatic nitrogens is 2. The average molecular weight is 478 g/mol. The summed E-state index contributed by atoms with van der Waals surface area (Å²) in [5.41, 5.74) is 4.42. The van der Waals surface area contributed by atoms with E-state index in [9.17, 15) is 4.79 Å². The van der Waals surface area contributed by atoms with Crippen molar-refractivity contribution in [3.8, 4) is 17.2 Å². The molecule has 4 aromatic rings. The maximum atomic E-state index is 12.5. The van der Waals surface area contributed by atoms with Gasteiger partial charge in [-0.3, -0.25) is 4.79 Å². The molecular weight excluding hydrogens is 454 g/mol. The smallest absolute Gasteiger partial charge is 0.251 e. The van der Waals surface area contributed by atoms with Gasteiger partial charge in [0, 0.05) is 24.5 Å². The summed E-state index contributed by atoms with van der Waals surface area (Å²) >= 11 is 6.28. The highest BCUT2D eigenvalue weighted by Gasteiger charge is 2.16. The Labute approximate surface area is 202 Å². The molecule has 5 rings (SSSR count). The number of aryl methyl sites for hydroxylation is 1. The van der Waals surface area contributed by atoms with Crippen molar-refractivity contribution in [2.24, 2.45) is 0 Å². The number of ether oxygens (including phenoxy) is 3. The molecule has 0 saturated heterocycles. The van der Waals surface area contributed by atoms with Gasteiger partial charge in [-0.15, -0.1) is 0 Å². The number of hydrogen-bond acceptors (Lipinski definition) is 5. The van der Waals surface area contributed by atoms with Crippen LogP contribution in [0.25, 0.3) is 5.65 Å². The van der Waals surface area contributed by atoms with Crippen LogP contribution in [-0.4, -0.2) is 35.1 Å². The van der Waals surface area contributed by atoms with Crippen molar-refractivity contribution in [1.29, 1.82) is 0 Å². The highest BCUT2D eigenvalue weighted by atomic mass is 35.5. The van der Waals surface area contributed by atoms with Crippen LogP contribution in [0.1, 0.15) is 27.2 Å². The van der Waals surface area contributed by atoms with E-state index in [1.165, 1.54) is 0 Å². The lowest BCUT2D eigenvalue weighted by atomic mass is 10.1. The molecule has 1 amide bonds. The lowest BCUT2D eigenvalue weighted by Crippen LogP contribution is -2.25. The number of fused-ring (bicyclic) bond motifs is 2. The Morgan fingerprint density at radius 2 is 2.00 bits per heavy atom. The van der Waals surface area contributed by atoms with E-state index in [2.05, 4.69) is 10.3 Å². The predicted octanol–water partition coefficient (Wildman–Crippen LogP) is 4.62. The molecule has 0 fully saturated rings. The van der Waals surface area contributed by atoms with E-state index in [0.717, 1.165) is 22.5 Å². The molecule has 0 bridgehead atoms. The Morgan fingerprint density at radius 3 is 2.82 bits per heavy atom. The van der Waals surface area contributed by atoms with Gasteiger partial charge in [0.15, 0.2) is 11.5 Å². The van der Waals surface area contributed by atoms with Crippen molar-refractivity contribution in [2.45, 2.75) is 20.0 Å². The maximum Gasteiger partial charge on any atom is 0.251 e. The topological polar surface area (TPSA) is 74.1 Å². The Hall–Kier alpha value is -3.71. The highest BCUT2D eigenvalue weighted by molar-refractivity contribution is 6.32. The number of imidazole rings is 1. The lowest BCUT2D eigenvalue weighted by molar-refractivity contribution is 0.0954. The average Bonchev–Trinajstić information content (AvgIpc) is 3.28. The fraction of sp³-hybridized carbons (Fsp3) is 0.231. The van der Waals surface area contributed by atoms with Crippen LogP contribution in [0.4, 0.5) is 0 Å². The number of benzene rings is 2. The normalized spacial score (nSPS) is 12.5. The minimum atomic E-state index is -0.147. The molecule has 3 heterocycles. The summed E-state index contributed by atoms with van der Waals surface area (Å²) in [7, 11) is 0. The van der Waals surface area contributed by atoms with Crippen LogP contribution in [0.3, 0.4) is 0 Å². The van der Waals surface area contributed by atoms with Gasteiger partial charge in [-0.25, -0.2) is 4.98 Å². The Kier molecular flexibility index (Phi) is 6.27. The van der Waals surface area contributed by atoms with Crippen LogP contribution in [0, 0.1) is 6.92 Å². The van der Waals surface area contributed by atoms with E-state index in [-0.39, 0.29) is 5.91 Å². The van der Waals surface area contributed by atoms with Gasteiger partial charge in [-0.2, -0.15) is 0 Å². The minimum Gasteiger partial charge on any atom is -0.487 e. The van der Waals surface area contributed by atoms with Gasteiger partial charge in [-0.1, -0.05) is 17.7 Å². The van der Waals surface area contributed by atoms with Gasteiger partial charge >= 0.3 is 0 Å². The molecule has 8 heteroatoms. The fourth-order valence-corrected chi connectivity index (χ4v) is 4.15. The summed E-state index contributed by atoms with van der Waals surface area (Å²) in [6.07, 6.45) is 4.55. The first kappa shape index (κ1) is 22.1. The third-order valence-corrected chi connectivity index (χ3v) is 5.87. The molecule has 1 aliphatic heterocycles. The number of amides is 1. The number of pyridine rings is 1. The third-order valence-electron chi connectivity index (χ3n) is 5.59. The zero-order valence-corrected chi connectivity index (χ0v) is 19.5. The number of nitrogens with one attached hydrogen (secondary N) is 1. The summed E-state index contributed by atoms with van der Waals surface area (Å²) in [6.45, 7) is 3.85. The van der Waals surface area contributed by atoms with Crippen molar-refractivity contribution < 1.29 is 19.0 Å². The van der Waals surface area contributed by atoms with Crippen LogP contribution < -0.4 is 19.5 Å². The molecule has 0 saturated carbocycles. The van der Waals surface area contributed by atoms with Crippen molar-refractivity contribution in [1.82, 2.24) is 14.7 Å². The van der Waals surface area contributed by atoms with Gasteiger partial charge in [0.1, 0.15) is 31.2 Å². The zero-order chi connectivity index (χ0) is 23.5. The zero-order valence-electron chi connectivity index (χ0n) is 18.7. The summed E-state index contributed by atoms with van der Waals surface area (Å²) in [6, 6.07) is 14.8. The molecule has 0 unspecified atom stereocenters. The molecule has 174 valence electrons. The second kappa shape index (κ2) is 9.65. The van der Waals surface area contributed by atoms with Crippen LogP contribution in [0.5, 0.6) is 17.2 Å². The maximum absolute atomic E-state index is 12.5. The molecule has 1 N–H and O–H groups in total. The quantitative estimate of drug-likeness (QED) is 0.420. The van der Waals surface area contributed by atoms with Crippen molar-refractivity contribution in [2.75, 3.05) is 19.8 Å². The SMILES string of the molecule is Cc1cccn2cc(COc3ccc(C(=O)NCCc4cc(Cl)c5c(c4)OCCO5)cc3)nc12. The number of carbonyl (C=O) groups excluding carboxylic acids is 1. The summed E-state index contributed by atoms with van der Waals surface area (Å²) in [4.78, 5) is 17.1. The number of halogens is 1. The molecule has 0 aliphatic carbocycles. The van der Waals surface area contributed by atoms with Crippen molar-refractivity contribution >= 4 is 23.2 Å². The molecule has 2 aromatic carbocycles. The standard InChI is InChI=1S/C26H24ClN3O4/c1-17-3-2-10-30-15-20(29-25(17)30)16-34-21-6-4-19(5-7-21)26(31)28-9-8-18-13-22(27)24-23(14-18)32-11-12-33-24/h2-7,10,13-15H,8-9,11-12,16H2,1H3,(H,28,31). The van der Waals surface area contributed by atoms with Gasteiger partial charge in [0.2, 0.25) is 0 Å². The van der Waals surface area contributed by atoms with Crippen LogP contribution in [-0.2, 0) is 13.0 Å². The molecule has 34 heavy (non-hydrogen) atoms. The van der Waals surface area contributed by atoms with E-state index in [4.69, 9.17) is 25.8 Å². The molecule has 1 aliphatic rings. The Morgan fingerprint density at radius 1 is 1.18 bits per heavy atom. The molecule has 7 nitrogen and oxygen atoms in total. The first-order chi connectivity index (χ1) is 16.6. The molecular formula is C26H24ClN3O4. The lowest BCUT2D eigenvalue weighted by Gasteiger charge is -2.20. The Bertz CT molecular complexity index is 1330. The molecule has 0 atom stereocenters. The minimum absolute atomic E-state index is 0.147. The predicted molar refractivity (Wildman–Crippen MR) is 129 cm³/mol. The summed E-state index contributed by atoms with van der Waals surface area (Å²) in [5.74, 6) is 1.76. The summed E-state index contributed by atoms with van der Waals surface area (Å²) in [5, 5.41) is 3.46. The fourth-order valence-electron chi connectivity index (χ4n) is 3.86. The molecule has 2 aromatic heterocycles. The van der Waals surface area contributed by atoms with E-state index in [1.807, 2.05) is 48.0 Å². The number of hydrogen-bond donors (Lipinski definition) is 1. The summed E-state index contributed by atoms with van der Waals surface area (Å²) < 4.78 is 19.0. The number of nitrogens with zero attached hydrogens (tertiary/aromatic N) is 2. The van der Waals surface area contributed by atoms with Gasteiger partial charge in [-0.05, 0) is 66.9 Å². The van der Waals surface area contributed by atoms with Crippen LogP contribution >= 0.6 is 11.6 Å². The third kappa shape index (κ3) is 4.79. The van der Waals surface area contributed by atoms with Crippen LogP contribution in [0.15, 0.2) is 60.9 Å². The van der Waals surface area contributed by atoms with E-state index >= 15 is 0 Å². The Balaban J connectivity index is 1.13. The van der Waals surface area contributed by atoms with E-state index < -0.39 is 0 Å². The molecule has 0 radical (unpaired) electrons. The monoisotopic (exact) mass is 477 g/mol. The largest absolute Gasteiger partial charge is 0.487 e.